The summed E-state index contributed by atoms with van der Waals surface area (Å²) in [6, 6.07) is 28.7. The van der Waals surface area contributed by atoms with Crippen molar-refractivity contribution in [3.8, 4) is 22.4 Å². The van der Waals surface area contributed by atoms with Crippen LogP contribution in [-0.2, 0) is 0 Å². The zero-order valence-electron chi connectivity index (χ0n) is 12.6. The lowest BCUT2D eigenvalue weighted by molar-refractivity contribution is 1.40. The van der Waals surface area contributed by atoms with E-state index in [4.69, 9.17) is 10.7 Å². The Morgan fingerprint density at radius 1 is 0.652 bits per heavy atom. The second kappa shape index (κ2) is 5.58. The fourth-order valence-electron chi connectivity index (χ4n) is 2.86. The van der Waals surface area contributed by atoms with Gasteiger partial charge in [0.2, 0.25) is 0 Å². The average Bonchev–Trinajstić information content (AvgIpc) is 2.62. The van der Waals surface area contributed by atoms with Crippen molar-refractivity contribution in [1.82, 2.24) is 4.98 Å². The maximum atomic E-state index is 5.99. The van der Waals surface area contributed by atoms with Gasteiger partial charge in [-0.3, -0.25) is 0 Å². The molecule has 0 spiro atoms. The van der Waals surface area contributed by atoms with Crippen molar-refractivity contribution in [3.63, 3.8) is 0 Å². The molecule has 0 atom stereocenters. The summed E-state index contributed by atoms with van der Waals surface area (Å²) < 4.78 is 0. The molecule has 2 N–H and O–H groups in total. The Hall–Kier alpha value is -3.13. The van der Waals surface area contributed by atoms with E-state index < -0.39 is 0 Å². The zero-order valence-corrected chi connectivity index (χ0v) is 12.6. The topological polar surface area (TPSA) is 38.9 Å². The molecule has 3 aromatic carbocycles. The first kappa shape index (κ1) is 13.5. The summed E-state index contributed by atoms with van der Waals surface area (Å²) >= 11 is 0. The molecule has 0 bridgehead atoms. The monoisotopic (exact) mass is 296 g/mol. The first-order chi connectivity index (χ1) is 11.3. The van der Waals surface area contributed by atoms with Crippen molar-refractivity contribution >= 4 is 16.6 Å². The number of hydrogen-bond acceptors (Lipinski definition) is 2. The second-order valence-corrected chi connectivity index (χ2v) is 5.56. The summed E-state index contributed by atoms with van der Waals surface area (Å²) in [6.45, 7) is 0. The highest BCUT2D eigenvalue weighted by molar-refractivity contribution is 5.98. The molecule has 0 amide bonds. The SMILES string of the molecule is Nc1ccc2nc(-c3ccccc3)cc(-c3ccccc3)c2c1. The maximum absolute atomic E-state index is 5.99. The lowest BCUT2D eigenvalue weighted by Crippen LogP contribution is -1.92. The number of anilines is 1. The van der Waals surface area contributed by atoms with Gasteiger partial charge in [-0.05, 0) is 35.4 Å². The number of aromatic nitrogens is 1. The van der Waals surface area contributed by atoms with Crippen LogP contribution >= 0.6 is 0 Å². The number of nitrogens with zero attached hydrogens (tertiary/aromatic N) is 1. The third-order valence-electron chi connectivity index (χ3n) is 3.99. The average molecular weight is 296 g/mol. The van der Waals surface area contributed by atoms with Crippen LogP contribution in [0.25, 0.3) is 33.3 Å². The van der Waals surface area contributed by atoms with Crippen LogP contribution < -0.4 is 5.73 Å². The largest absolute Gasteiger partial charge is 0.399 e. The summed E-state index contributed by atoms with van der Waals surface area (Å²) in [5.41, 5.74) is 12.1. The van der Waals surface area contributed by atoms with E-state index in [0.29, 0.717) is 0 Å². The zero-order chi connectivity index (χ0) is 15.6. The predicted octanol–water partition coefficient (Wildman–Crippen LogP) is 5.15. The Bertz CT molecular complexity index is 961. The van der Waals surface area contributed by atoms with Crippen LogP contribution in [0.3, 0.4) is 0 Å². The predicted molar refractivity (Wildman–Crippen MR) is 97.0 cm³/mol. The number of hydrogen-bond donors (Lipinski definition) is 1. The lowest BCUT2D eigenvalue weighted by Gasteiger charge is -2.11. The molecule has 4 aromatic rings. The van der Waals surface area contributed by atoms with E-state index in [0.717, 1.165) is 33.4 Å². The van der Waals surface area contributed by atoms with Gasteiger partial charge in [-0.25, -0.2) is 4.98 Å². The van der Waals surface area contributed by atoms with Gasteiger partial charge in [-0.1, -0.05) is 60.7 Å². The van der Waals surface area contributed by atoms with Gasteiger partial charge in [0.15, 0.2) is 0 Å². The van der Waals surface area contributed by atoms with Crippen molar-refractivity contribution in [2.24, 2.45) is 0 Å². The molecule has 4 rings (SSSR count). The summed E-state index contributed by atoms with van der Waals surface area (Å²) in [7, 11) is 0. The van der Waals surface area contributed by atoms with Crippen molar-refractivity contribution in [2.45, 2.75) is 0 Å². The molecule has 0 saturated heterocycles. The number of fused-ring (bicyclic) bond motifs is 1. The third-order valence-corrected chi connectivity index (χ3v) is 3.99. The molecule has 0 fully saturated rings. The molecule has 1 heterocycles. The van der Waals surface area contributed by atoms with Crippen LogP contribution in [0, 0.1) is 0 Å². The fourth-order valence-corrected chi connectivity index (χ4v) is 2.86. The Balaban J connectivity index is 2.04. The normalized spacial score (nSPS) is 10.8. The molecule has 0 aliphatic heterocycles. The maximum Gasteiger partial charge on any atom is 0.0717 e. The van der Waals surface area contributed by atoms with Crippen LogP contribution in [0.4, 0.5) is 5.69 Å². The molecule has 0 saturated carbocycles. The van der Waals surface area contributed by atoms with E-state index in [-0.39, 0.29) is 0 Å². The molecule has 1 aromatic heterocycles. The highest BCUT2D eigenvalue weighted by Gasteiger charge is 2.09. The Kier molecular flexibility index (Phi) is 3.28. The van der Waals surface area contributed by atoms with Crippen LogP contribution in [0.15, 0.2) is 84.9 Å². The van der Waals surface area contributed by atoms with Crippen LogP contribution in [-0.4, -0.2) is 4.98 Å². The first-order valence-corrected chi connectivity index (χ1v) is 7.62. The number of nitrogens with two attached hydrogens (primary N) is 1. The molecular weight excluding hydrogens is 280 g/mol. The molecule has 23 heavy (non-hydrogen) atoms. The van der Waals surface area contributed by atoms with Gasteiger partial charge in [0.05, 0.1) is 11.2 Å². The fraction of sp³-hybridized carbons (Fsp3) is 0. The van der Waals surface area contributed by atoms with Crippen LogP contribution in [0.5, 0.6) is 0 Å². The molecule has 0 aliphatic carbocycles. The molecule has 0 unspecified atom stereocenters. The highest BCUT2D eigenvalue weighted by Crippen LogP contribution is 2.32. The molecule has 110 valence electrons. The summed E-state index contributed by atoms with van der Waals surface area (Å²) in [6.07, 6.45) is 0. The summed E-state index contributed by atoms with van der Waals surface area (Å²) in [4.78, 5) is 4.82. The molecule has 0 aliphatic rings. The van der Waals surface area contributed by atoms with Crippen LogP contribution in [0.2, 0.25) is 0 Å². The van der Waals surface area contributed by atoms with E-state index in [1.54, 1.807) is 0 Å². The standard InChI is InChI=1S/C21H16N2/c22-17-11-12-20-19(13-17)18(15-7-3-1-4-8-15)14-21(23-20)16-9-5-2-6-10-16/h1-14H,22H2. The van der Waals surface area contributed by atoms with Crippen molar-refractivity contribution in [3.05, 3.63) is 84.9 Å². The molecule has 0 radical (unpaired) electrons. The van der Waals surface area contributed by atoms with Gasteiger partial charge in [0, 0.05) is 16.6 Å². The Morgan fingerprint density at radius 2 is 1.30 bits per heavy atom. The highest BCUT2D eigenvalue weighted by atomic mass is 14.7. The van der Waals surface area contributed by atoms with Gasteiger partial charge >= 0.3 is 0 Å². The second-order valence-electron chi connectivity index (χ2n) is 5.56. The van der Waals surface area contributed by atoms with E-state index >= 15 is 0 Å². The smallest absolute Gasteiger partial charge is 0.0717 e. The molecule has 2 nitrogen and oxygen atoms in total. The Morgan fingerprint density at radius 3 is 2.00 bits per heavy atom. The van der Waals surface area contributed by atoms with Gasteiger partial charge in [0.25, 0.3) is 0 Å². The summed E-state index contributed by atoms with van der Waals surface area (Å²) in [5, 5.41) is 1.08. The van der Waals surface area contributed by atoms with E-state index in [1.807, 2.05) is 42.5 Å². The number of nitrogen functional groups attached to an aromatic ring is 1. The van der Waals surface area contributed by atoms with Gasteiger partial charge in [-0.2, -0.15) is 0 Å². The minimum atomic E-state index is 0.754. The first-order valence-electron chi connectivity index (χ1n) is 7.62. The quantitative estimate of drug-likeness (QED) is 0.519. The van der Waals surface area contributed by atoms with Crippen molar-refractivity contribution in [2.75, 3.05) is 5.73 Å². The summed E-state index contributed by atoms with van der Waals surface area (Å²) in [5.74, 6) is 0. The van der Waals surface area contributed by atoms with Gasteiger partial charge < -0.3 is 5.73 Å². The van der Waals surface area contributed by atoms with Gasteiger partial charge in [-0.15, -0.1) is 0 Å². The van der Waals surface area contributed by atoms with Gasteiger partial charge in [0.1, 0.15) is 0 Å². The lowest BCUT2D eigenvalue weighted by atomic mass is 9.98. The minimum Gasteiger partial charge on any atom is -0.399 e. The molecular formula is C21H16N2. The number of benzene rings is 3. The molecule has 2 heteroatoms. The van der Waals surface area contributed by atoms with Crippen LogP contribution in [0.1, 0.15) is 0 Å². The number of pyridine rings is 1. The van der Waals surface area contributed by atoms with Crippen molar-refractivity contribution < 1.29 is 0 Å². The minimum absolute atomic E-state index is 0.754. The van der Waals surface area contributed by atoms with E-state index in [9.17, 15) is 0 Å². The van der Waals surface area contributed by atoms with E-state index in [1.165, 1.54) is 5.56 Å². The Labute approximate surface area is 135 Å². The van der Waals surface area contributed by atoms with Crippen molar-refractivity contribution in [1.29, 1.82) is 0 Å². The third kappa shape index (κ3) is 2.55. The number of rotatable bonds is 2. The van der Waals surface area contributed by atoms with E-state index in [2.05, 4.69) is 42.5 Å².